The highest BCUT2D eigenvalue weighted by molar-refractivity contribution is 7.92. The van der Waals surface area contributed by atoms with Gasteiger partial charge in [-0.2, -0.15) is 0 Å². The lowest BCUT2D eigenvalue weighted by molar-refractivity contribution is 0.410. The molecule has 0 heterocycles. The van der Waals surface area contributed by atoms with Crippen LogP contribution in [0.2, 0.25) is 5.02 Å². The first-order chi connectivity index (χ1) is 12.5. The van der Waals surface area contributed by atoms with Gasteiger partial charge in [-0.1, -0.05) is 54.1 Å². The Bertz CT molecular complexity index is 991. The highest BCUT2D eigenvalue weighted by Crippen LogP contribution is 2.30. The van der Waals surface area contributed by atoms with E-state index in [-0.39, 0.29) is 11.4 Å². The second-order valence-electron chi connectivity index (χ2n) is 5.62. The SMILES string of the molecule is COc1ccccc1CN(c1cccc(Cl)c1)S(=O)(=O)c1ccccc1. The van der Waals surface area contributed by atoms with Crippen molar-refractivity contribution in [3.63, 3.8) is 0 Å². The summed E-state index contributed by atoms with van der Waals surface area (Å²) in [4.78, 5) is 0.217. The number of halogens is 1. The minimum atomic E-state index is -3.77. The van der Waals surface area contributed by atoms with Crippen LogP contribution in [-0.2, 0) is 16.6 Å². The fourth-order valence-corrected chi connectivity index (χ4v) is 4.29. The van der Waals surface area contributed by atoms with E-state index in [1.54, 1.807) is 67.8 Å². The summed E-state index contributed by atoms with van der Waals surface area (Å²) in [5.74, 6) is 0.628. The third-order valence-corrected chi connectivity index (χ3v) is 5.96. The summed E-state index contributed by atoms with van der Waals surface area (Å²) in [7, 11) is -2.21. The van der Waals surface area contributed by atoms with Gasteiger partial charge in [-0.25, -0.2) is 8.42 Å². The molecule has 0 fully saturated rings. The molecule has 0 unspecified atom stereocenters. The summed E-state index contributed by atoms with van der Waals surface area (Å²) in [6, 6.07) is 22.5. The van der Waals surface area contributed by atoms with Gasteiger partial charge < -0.3 is 4.74 Å². The number of nitrogens with zero attached hydrogens (tertiary/aromatic N) is 1. The van der Waals surface area contributed by atoms with E-state index in [0.717, 1.165) is 5.56 Å². The molecule has 134 valence electrons. The van der Waals surface area contributed by atoms with Crippen LogP contribution in [0.5, 0.6) is 5.75 Å². The Morgan fingerprint density at radius 3 is 2.31 bits per heavy atom. The topological polar surface area (TPSA) is 46.6 Å². The number of para-hydroxylation sites is 1. The number of rotatable bonds is 6. The fraction of sp³-hybridized carbons (Fsp3) is 0.100. The zero-order chi connectivity index (χ0) is 18.6. The predicted octanol–water partition coefficient (Wildman–Crippen LogP) is 4.74. The summed E-state index contributed by atoms with van der Waals surface area (Å²) >= 11 is 6.10. The van der Waals surface area contributed by atoms with Gasteiger partial charge in [0.1, 0.15) is 5.75 Å². The van der Waals surface area contributed by atoms with Crippen molar-refractivity contribution in [3.8, 4) is 5.75 Å². The number of methoxy groups -OCH3 is 1. The number of sulfonamides is 1. The molecule has 0 saturated carbocycles. The van der Waals surface area contributed by atoms with Crippen LogP contribution in [0.15, 0.2) is 83.8 Å². The molecule has 0 aliphatic rings. The maximum atomic E-state index is 13.3. The Balaban J connectivity index is 2.11. The van der Waals surface area contributed by atoms with Gasteiger partial charge in [0, 0.05) is 10.6 Å². The summed E-state index contributed by atoms with van der Waals surface area (Å²) in [5, 5.41) is 0.468. The van der Waals surface area contributed by atoms with E-state index in [0.29, 0.717) is 16.5 Å². The van der Waals surface area contributed by atoms with Gasteiger partial charge in [-0.15, -0.1) is 0 Å². The van der Waals surface area contributed by atoms with E-state index >= 15 is 0 Å². The summed E-state index contributed by atoms with van der Waals surface area (Å²) < 4.78 is 33.3. The highest BCUT2D eigenvalue weighted by atomic mass is 35.5. The molecule has 0 aliphatic carbocycles. The number of ether oxygens (including phenoxy) is 1. The molecule has 0 saturated heterocycles. The van der Waals surface area contributed by atoms with Crippen LogP contribution >= 0.6 is 11.6 Å². The zero-order valence-corrected chi connectivity index (χ0v) is 15.7. The van der Waals surface area contributed by atoms with Crippen molar-refractivity contribution in [2.45, 2.75) is 11.4 Å². The van der Waals surface area contributed by atoms with E-state index in [2.05, 4.69) is 0 Å². The Morgan fingerprint density at radius 2 is 1.62 bits per heavy atom. The standard InChI is InChI=1S/C20H18ClNO3S/c1-25-20-13-6-5-8-16(20)15-22(18-10-7-9-17(21)14-18)26(23,24)19-11-3-2-4-12-19/h2-14H,15H2,1H3. The third kappa shape index (κ3) is 3.84. The van der Waals surface area contributed by atoms with Gasteiger partial charge in [0.05, 0.1) is 24.2 Å². The first-order valence-corrected chi connectivity index (χ1v) is 9.79. The molecular weight excluding hydrogens is 370 g/mol. The average molecular weight is 388 g/mol. The normalized spacial score (nSPS) is 11.2. The fourth-order valence-electron chi connectivity index (χ4n) is 2.65. The number of anilines is 1. The smallest absolute Gasteiger partial charge is 0.264 e. The molecule has 26 heavy (non-hydrogen) atoms. The van der Waals surface area contributed by atoms with Crippen molar-refractivity contribution in [3.05, 3.63) is 89.4 Å². The molecular formula is C20H18ClNO3S. The minimum Gasteiger partial charge on any atom is -0.496 e. The Hall–Kier alpha value is -2.50. The van der Waals surface area contributed by atoms with Gasteiger partial charge in [0.15, 0.2) is 0 Å². The minimum absolute atomic E-state index is 0.127. The summed E-state index contributed by atoms with van der Waals surface area (Å²) in [5.41, 5.74) is 1.25. The molecule has 0 amide bonds. The van der Waals surface area contributed by atoms with Gasteiger partial charge in [-0.3, -0.25) is 4.31 Å². The molecule has 4 nitrogen and oxygen atoms in total. The van der Waals surface area contributed by atoms with Gasteiger partial charge in [0.2, 0.25) is 0 Å². The molecule has 3 aromatic rings. The molecule has 0 aromatic heterocycles. The second-order valence-corrected chi connectivity index (χ2v) is 7.92. The van der Waals surface area contributed by atoms with E-state index in [9.17, 15) is 8.42 Å². The molecule has 0 atom stereocenters. The molecule has 0 aliphatic heterocycles. The van der Waals surface area contributed by atoms with E-state index in [4.69, 9.17) is 16.3 Å². The van der Waals surface area contributed by atoms with Crippen molar-refractivity contribution < 1.29 is 13.2 Å². The van der Waals surface area contributed by atoms with Crippen molar-refractivity contribution >= 4 is 27.3 Å². The number of hydrogen-bond acceptors (Lipinski definition) is 3. The van der Waals surface area contributed by atoms with Crippen LogP contribution in [0.25, 0.3) is 0 Å². The first kappa shape index (κ1) is 18.3. The Labute approximate surface area is 158 Å². The molecule has 0 radical (unpaired) electrons. The summed E-state index contributed by atoms with van der Waals surface area (Å²) in [6.45, 7) is 0.127. The maximum Gasteiger partial charge on any atom is 0.264 e. The number of hydrogen-bond donors (Lipinski definition) is 0. The zero-order valence-electron chi connectivity index (χ0n) is 14.2. The third-order valence-electron chi connectivity index (χ3n) is 3.93. The Kier molecular flexibility index (Phi) is 5.49. The maximum absolute atomic E-state index is 13.3. The lowest BCUT2D eigenvalue weighted by Gasteiger charge is -2.25. The van der Waals surface area contributed by atoms with Crippen molar-refractivity contribution in [2.24, 2.45) is 0 Å². The predicted molar refractivity (Wildman–Crippen MR) is 104 cm³/mol. The van der Waals surface area contributed by atoms with Gasteiger partial charge in [-0.05, 0) is 36.4 Å². The van der Waals surface area contributed by atoms with E-state index in [1.165, 1.54) is 4.31 Å². The lowest BCUT2D eigenvalue weighted by atomic mass is 10.2. The van der Waals surface area contributed by atoms with Crippen LogP contribution < -0.4 is 9.04 Å². The molecule has 0 spiro atoms. The molecule has 3 rings (SSSR count). The van der Waals surface area contributed by atoms with E-state index < -0.39 is 10.0 Å². The lowest BCUT2D eigenvalue weighted by Crippen LogP contribution is -2.30. The summed E-state index contributed by atoms with van der Waals surface area (Å²) in [6.07, 6.45) is 0. The van der Waals surface area contributed by atoms with Crippen molar-refractivity contribution in [1.29, 1.82) is 0 Å². The second kappa shape index (κ2) is 7.81. The van der Waals surface area contributed by atoms with Crippen molar-refractivity contribution in [1.82, 2.24) is 0 Å². The van der Waals surface area contributed by atoms with Gasteiger partial charge >= 0.3 is 0 Å². The largest absolute Gasteiger partial charge is 0.496 e. The monoisotopic (exact) mass is 387 g/mol. The van der Waals surface area contributed by atoms with Crippen LogP contribution in [0.3, 0.4) is 0 Å². The Morgan fingerprint density at radius 1 is 0.923 bits per heavy atom. The highest BCUT2D eigenvalue weighted by Gasteiger charge is 2.26. The van der Waals surface area contributed by atoms with Crippen LogP contribution in [-0.4, -0.2) is 15.5 Å². The quantitative estimate of drug-likeness (QED) is 0.613. The van der Waals surface area contributed by atoms with E-state index in [1.807, 2.05) is 18.2 Å². The van der Waals surface area contributed by atoms with Crippen LogP contribution in [0.4, 0.5) is 5.69 Å². The van der Waals surface area contributed by atoms with Crippen molar-refractivity contribution in [2.75, 3.05) is 11.4 Å². The van der Waals surface area contributed by atoms with Crippen LogP contribution in [0.1, 0.15) is 5.56 Å². The van der Waals surface area contributed by atoms with Gasteiger partial charge in [0.25, 0.3) is 10.0 Å². The molecule has 0 N–H and O–H groups in total. The molecule has 3 aromatic carbocycles. The average Bonchev–Trinajstić information content (AvgIpc) is 2.67. The molecule has 6 heteroatoms. The first-order valence-electron chi connectivity index (χ1n) is 7.97. The van der Waals surface area contributed by atoms with Crippen LogP contribution in [0, 0.1) is 0 Å². The molecule has 0 bridgehead atoms. The number of benzene rings is 3.